The molecule has 23 heavy (non-hydrogen) atoms. The maximum Gasteiger partial charge on any atom is 0.131 e. The van der Waals surface area contributed by atoms with E-state index in [2.05, 4.69) is 58.1 Å². The molecule has 1 atom stereocenters. The van der Waals surface area contributed by atoms with Crippen LogP contribution in [0.3, 0.4) is 0 Å². The highest BCUT2D eigenvalue weighted by molar-refractivity contribution is 6.30. The van der Waals surface area contributed by atoms with Crippen molar-refractivity contribution in [3.05, 3.63) is 88.5 Å². The van der Waals surface area contributed by atoms with Gasteiger partial charge in [-0.2, -0.15) is 0 Å². The SMILES string of the molecule is ClC1=CC=NC2=C(N1)Nc1ccccc1C2Cc1ccccc1. The third kappa shape index (κ3) is 2.76. The van der Waals surface area contributed by atoms with Crippen LogP contribution in [0.25, 0.3) is 0 Å². The Morgan fingerprint density at radius 1 is 0.957 bits per heavy atom. The molecule has 2 aromatic carbocycles. The van der Waals surface area contributed by atoms with Crippen molar-refractivity contribution in [2.45, 2.75) is 12.3 Å². The summed E-state index contributed by atoms with van der Waals surface area (Å²) in [7, 11) is 0. The second-order valence-corrected chi connectivity index (χ2v) is 6.04. The molecule has 4 heteroatoms. The quantitative estimate of drug-likeness (QED) is 0.806. The predicted octanol–water partition coefficient (Wildman–Crippen LogP) is 4.36. The average Bonchev–Trinajstić information content (AvgIpc) is 2.76. The number of hydrogen-bond acceptors (Lipinski definition) is 3. The van der Waals surface area contributed by atoms with E-state index < -0.39 is 0 Å². The first kappa shape index (κ1) is 14.1. The minimum absolute atomic E-state index is 0.185. The second-order valence-electron chi connectivity index (χ2n) is 5.63. The summed E-state index contributed by atoms with van der Waals surface area (Å²) in [5.74, 6) is 1.05. The monoisotopic (exact) mass is 321 g/mol. The molecule has 2 aromatic rings. The van der Waals surface area contributed by atoms with Gasteiger partial charge in [-0.3, -0.25) is 4.99 Å². The summed E-state index contributed by atoms with van der Waals surface area (Å²) in [6, 6.07) is 18.9. The van der Waals surface area contributed by atoms with Crippen molar-refractivity contribution >= 4 is 23.5 Å². The van der Waals surface area contributed by atoms with Crippen LogP contribution in [0.15, 0.2) is 82.3 Å². The summed E-state index contributed by atoms with van der Waals surface area (Å²) in [6.45, 7) is 0. The van der Waals surface area contributed by atoms with E-state index in [4.69, 9.17) is 11.6 Å². The third-order valence-corrected chi connectivity index (χ3v) is 4.36. The lowest BCUT2D eigenvalue weighted by atomic mass is 9.86. The van der Waals surface area contributed by atoms with E-state index in [0.717, 1.165) is 23.6 Å². The van der Waals surface area contributed by atoms with Gasteiger partial charge in [0.1, 0.15) is 11.0 Å². The van der Waals surface area contributed by atoms with E-state index in [1.807, 2.05) is 12.1 Å². The third-order valence-electron chi connectivity index (χ3n) is 4.14. The first-order valence-electron chi connectivity index (χ1n) is 7.62. The number of anilines is 1. The Bertz CT molecular complexity index is 822. The predicted molar refractivity (Wildman–Crippen MR) is 95.5 cm³/mol. The Balaban J connectivity index is 1.79. The number of benzene rings is 2. The van der Waals surface area contributed by atoms with Crippen molar-refractivity contribution in [3.8, 4) is 0 Å². The van der Waals surface area contributed by atoms with Crippen LogP contribution in [0, 0.1) is 0 Å². The first-order chi connectivity index (χ1) is 11.3. The molecule has 0 radical (unpaired) electrons. The molecule has 2 aliphatic heterocycles. The number of hydrogen-bond donors (Lipinski definition) is 2. The summed E-state index contributed by atoms with van der Waals surface area (Å²) < 4.78 is 0. The summed E-state index contributed by atoms with van der Waals surface area (Å²) >= 11 is 6.16. The standard InChI is InChI=1S/C19H16ClN3/c20-17-10-11-21-18-15(12-13-6-2-1-3-7-13)14-8-4-5-9-16(14)22-19(18)23-17/h1-11,15,22-23H,12H2. The maximum atomic E-state index is 6.16. The molecule has 0 aromatic heterocycles. The normalized spacial score (nSPS) is 19.0. The van der Waals surface area contributed by atoms with Crippen molar-refractivity contribution in [2.75, 3.05) is 5.32 Å². The molecule has 0 fully saturated rings. The number of allylic oxidation sites excluding steroid dienone is 2. The Labute approximate surface area is 140 Å². The van der Waals surface area contributed by atoms with Crippen LogP contribution in [0.4, 0.5) is 5.69 Å². The summed E-state index contributed by atoms with van der Waals surface area (Å²) in [5, 5.41) is 7.18. The van der Waals surface area contributed by atoms with Gasteiger partial charge in [-0.05, 0) is 29.7 Å². The molecule has 2 heterocycles. The fourth-order valence-corrected chi connectivity index (χ4v) is 3.24. The molecule has 0 saturated carbocycles. The number of nitrogens with zero attached hydrogens (tertiary/aromatic N) is 1. The molecule has 0 aliphatic carbocycles. The minimum Gasteiger partial charge on any atom is -0.340 e. The number of para-hydroxylation sites is 1. The molecule has 3 nitrogen and oxygen atoms in total. The van der Waals surface area contributed by atoms with Crippen LogP contribution in [-0.2, 0) is 6.42 Å². The molecule has 2 N–H and O–H groups in total. The lowest BCUT2D eigenvalue weighted by molar-refractivity contribution is 0.741. The van der Waals surface area contributed by atoms with Crippen LogP contribution < -0.4 is 10.6 Å². The molecular formula is C19H16ClN3. The Hall–Kier alpha value is -2.52. The second kappa shape index (κ2) is 5.94. The van der Waals surface area contributed by atoms with Gasteiger partial charge in [-0.1, -0.05) is 60.1 Å². The van der Waals surface area contributed by atoms with Crippen molar-refractivity contribution in [2.24, 2.45) is 4.99 Å². The van der Waals surface area contributed by atoms with E-state index in [-0.39, 0.29) is 5.92 Å². The lowest BCUT2D eigenvalue weighted by Gasteiger charge is -2.29. The smallest absolute Gasteiger partial charge is 0.131 e. The highest BCUT2D eigenvalue weighted by Gasteiger charge is 2.28. The van der Waals surface area contributed by atoms with E-state index in [0.29, 0.717) is 5.16 Å². The van der Waals surface area contributed by atoms with E-state index in [1.54, 1.807) is 12.3 Å². The van der Waals surface area contributed by atoms with Crippen LogP contribution in [0.1, 0.15) is 17.0 Å². The maximum absolute atomic E-state index is 6.16. The Kier molecular flexibility index (Phi) is 3.64. The van der Waals surface area contributed by atoms with E-state index in [1.165, 1.54) is 11.1 Å². The lowest BCUT2D eigenvalue weighted by Crippen LogP contribution is -2.26. The molecule has 0 bridgehead atoms. The Morgan fingerprint density at radius 2 is 1.74 bits per heavy atom. The summed E-state index contributed by atoms with van der Waals surface area (Å²) in [4.78, 5) is 4.64. The van der Waals surface area contributed by atoms with Gasteiger partial charge in [0.2, 0.25) is 0 Å². The van der Waals surface area contributed by atoms with Crippen molar-refractivity contribution in [1.29, 1.82) is 0 Å². The Morgan fingerprint density at radius 3 is 2.61 bits per heavy atom. The topological polar surface area (TPSA) is 36.4 Å². The van der Waals surface area contributed by atoms with Crippen molar-refractivity contribution in [3.63, 3.8) is 0 Å². The van der Waals surface area contributed by atoms with Gasteiger partial charge in [0.25, 0.3) is 0 Å². The number of nitrogens with one attached hydrogen (secondary N) is 2. The molecule has 0 spiro atoms. The van der Waals surface area contributed by atoms with Crippen LogP contribution in [0.2, 0.25) is 0 Å². The minimum atomic E-state index is 0.185. The van der Waals surface area contributed by atoms with Crippen LogP contribution >= 0.6 is 11.6 Å². The number of fused-ring (bicyclic) bond motifs is 1. The fraction of sp³-hybridized carbons (Fsp3) is 0.105. The van der Waals surface area contributed by atoms with Crippen molar-refractivity contribution < 1.29 is 0 Å². The molecule has 2 aliphatic rings. The van der Waals surface area contributed by atoms with Gasteiger partial charge in [0, 0.05) is 17.8 Å². The van der Waals surface area contributed by atoms with Gasteiger partial charge >= 0.3 is 0 Å². The van der Waals surface area contributed by atoms with Gasteiger partial charge in [-0.25, -0.2) is 0 Å². The van der Waals surface area contributed by atoms with E-state index in [9.17, 15) is 0 Å². The van der Waals surface area contributed by atoms with Gasteiger partial charge < -0.3 is 10.6 Å². The van der Waals surface area contributed by atoms with Gasteiger partial charge in [-0.15, -0.1) is 0 Å². The fourth-order valence-electron chi connectivity index (χ4n) is 3.09. The molecule has 4 rings (SSSR count). The van der Waals surface area contributed by atoms with Crippen LogP contribution in [0.5, 0.6) is 0 Å². The van der Waals surface area contributed by atoms with Crippen molar-refractivity contribution in [1.82, 2.24) is 5.32 Å². The summed E-state index contributed by atoms with van der Waals surface area (Å²) in [5.41, 5.74) is 4.63. The average molecular weight is 322 g/mol. The number of halogens is 1. The zero-order valence-electron chi connectivity index (χ0n) is 12.5. The zero-order valence-corrected chi connectivity index (χ0v) is 13.2. The molecule has 114 valence electrons. The molecule has 1 unspecified atom stereocenters. The first-order valence-corrected chi connectivity index (χ1v) is 8.00. The van der Waals surface area contributed by atoms with E-state index >= 15 is 0 Å². The zero-order chi connectivity index (χ0) is 15.6. The molecule has 0 saturated heterocycles. The largest absolute Gasteiger partial charge is 0.340 e. The van der Waals surface area contributed by atoms with Crippen LogP contribution in [-0.4, -0.2) is 6.21 Å². The van der Waals surface area contributed by atoms with Gasteiger partial charge in [0.05, 0.1) is 5.70 Å². The summed E-state index contributed by atoms with van der Waals surface area (Å²) in [6.07, 6.45) is 4.42. The highest BCUT2D eigenvalue weighted by atomic mass is 35.5. The van der Waals surface area contributed by atoms with Gasteiger partial charge in [0.15, 0.2) is 0 Å². The highest BCUT2D eigenvalue weighted by Crippen LogP contribution is 2.40. The number of rotatable bonds is 2. The number of aliphatic imine (C=N–C) groups is 1. The molecule has 0 amide bonds. The molecular weight excluding hydrogens is 306 g/mol.